The smallest absolute Gasteiger partial charge is 0.337 e. The minimum absolute atomic E-state index is 0. The van der Waals surface area contributed by atoms with Crippen LogP contribution in [0.1, 0.15) is 6.42 Å². The first-order valence-electron chi connectivity index (χ1n) is 3.23. The molecule has 0 unspecified atom stereocenters. The van der Waals surface area contributed by atoms with E-state index in [2.05, 4.69) is 0 Å². The van der Waals surface area contributed by atoms with Crippen molar-refractivity contribution in [3.05, 3.63) is 23.5 Å². The van der Waals surface area contributed by atoms with Gasteiger partial charge in [-0.1, -0.05) is 0 Å². The Morgan fingerprint density at radius 3 is 2.38 bits per heavy atom. The summed E-state index contributed by atoms with van der Waals surface area (Å²) in [4.78, 5) is 10.4. The van der Waals surface area contributed by atoms with Crippen molar-refractivity contribution >= 4 is 5.97 Å². The van der Waals surface area contributed by atoms with Gasteiger partial charge in [0.1, 0.15) is 5.76 Å². The first-order valence-corrected chi connectivity index (χ1v) is 3.23. The summed E-state index contributed by atoms with van der Waals surface area (Å²) in [7, 11) is 0. The minimum Gasteiger partial charge on any atom is -0.508 e. The second-order valence-electron chi connectivity index (χ2n) is 2.51. The van der Waals surface area contributed by atoms with Crippen LogP contribution in [0.25, 0.3) is 0 Å². The van der Waals surface area contributed by atoms with E-state index in [1.807, 2.05) is 0 Å². The molecule has 0 saturated heterocycles. The quantitative estimate of drug-likeness (QED) is 0.365. The van der Waals surface area contributed by atoms with Crippen LogP contribution in [0, 0.1) is 0 Å². The fourth-order valence-corrected chi connectivity index (χ4v) is 0.912. The van der Waals surface area contributed by atoms with Crippen LogP contribution in [0.15, 0.2) is 23.5 Å². The molecule has 1 rings (SSSR count). The molecule has 0 saturated carbocycles. The van der Waals surface area contributed by atoms with Crippen molar-refractivity contribution < 1.29 is 44.7 Å². The maximum Gasteiger partial charge on any atom is 0.337 e. The van der Waals surface area contributed by atoms with E-state index in [9.17, 15) is 4.79 Å². The molecule has 0 heterocycles. The average molecular weight is 238 g/mol. The molecule has 0 amide bonds. The summed E-state index contributed by atoms with van der Waals surface area (Å²) in [5.41, 5.74) is -0.623. The molecule has 5 nitrogen and oxygen atoms in total. The van der Waals surface area contributed by atoms with Gasteiger partial charge in [-0.2, -0.15) is 0 Å². The normalized spacial score (nSPS) is 19.5. The van der Waals surface area contributed by atoms with Crippen LogP contribution in [0.5, 0.6) is 0 Å². The van der Waals surface area contributed by atoms with E-state index in [4.69, 9.17) is 20.4 Å². The molecule has 0 aliphatic heterocycles. The third kappa shape index (κ3) is 2.62. The van der Waals surface area contributed by atoms with Gasteiger partial charge in [0.25, 0.3) is 0 Å². The van der Waals surface area contributed by atoms with E-state index < -0.39 is 17.3 Å². The van der Waals surface area contributed by atoms with Crippen molar-refractivity contribution in [1.29, 1.82) is 0 Å². The number of carbonyl (C=O) groups is 1. The van der Waals surface area contributed by atoms with E-state index in [1.54, 1.807) is 0 Å². The van der Waals surface area contributed by atoms with Crippen LogP contribution in [-0.4, -0.2) is 32.2 Å². The number of allylic oxidation sites excluding steroid dienone is 1. The average Bonchev–Trinajstić information content (AvgIpc) is 1.94. The Morgan fingerprint density at radius 2 is 2.00 bits per heavy atom. The van der Waals surface area contributed by atoms with Gasteiger partial charge in [-0.15, -0.1) is 0 Å². The molecule has 0 aromatic heterocycles. The molecule has 0 atom stereocenters. The molecule has 1 aliphatic carbocycles. The van der Waals surface area contributed by atoms with Gasteiger partial charge >= 0.3 is 5.97 Å². The second-order valence-corrected chi connectivity index (χ2v) is 2.51. The predicted molar refractivity (Wildman–Crippen MR) is 38.2 cm³/mol. The molecule has 68 valence electrons. The fraction of sp³-hybridized carbons (Fsp3) is 0.286. The molecule has 0 aromatic carbocycles. The topological polar surface area (TPSA) is 98.0 Å². The Labute approximate surface area is 86.8 Å². The summed E-state index contributed by atoms with van der Waals surface area (Å²) >= 11 is 0. The molecular weight excluding hydrogens is 229 g/mol. The number of rotatable bonds is 1. The molecule has 0 fully saturated rings. The predicted octanol–water partition coefficient (Wildman–Crippen LogP) is -0.479. The van der Waals surface area contributed by atoms with E-state index >= 15 is 0 Å². The van der Waals surface area contributed by atoms with Gasteiger partial charge in [0, 0.05) is 25.9 Å². The number of aliphatic hydroxyl groups excluding tert-OH is 1. The maximum atomic E-state index is 10.4. The van der Waals surface area contributed by atoms with E-state index in [1.165, 1.54) is 0 Å². The minimum atomic E-state index is -2.38. The molecule has 0 radical (unpaired) electrons. The van der Waals surface area contributed by atoms with Gasteiger partial charge in [-0.05, 0) is 12.2 Å². The Bertz CT molecular complexity index is 279. The Balaban J connectivity index is 0.00000144. The van der Waals surface area contributed by atoms with Crippen molar-refractivity contribution in [3.8, 4) is 0 Å². The monoisotopic (exact) mass is 236 g/mol. The zero-order valence-electron chi connectivity index (χ0n) is 6.77. The summed E-state index contributed by atoms with van der Waals surface area (Å²) in [5.74, 6) is -4.11. The summed E-state index contributed by atoms with van der Waals surface area (Å²) < 4.78 is 0. The number of aliphatic carboxylic acids is 1. The third-order valence-electron chi connectivity index (χ3n) is 1.55. The van der Waals surface area contributed by atoms with Crippen LogP contribution >= 0.6 is 0 Å². The van der Waals surface area contributed by atoms with Gasteiger partial charge < -0.3 is 20.4 Å². The van der Waals surface area contributed by atoms with Crippen LogP contribution in [-0.2, 0) is 24.3 Å². The number of aliphatic hydroxyl groups is 3. The first kappa shape index (κ1) is 12.3. The number of hydrogen-bond acceptors (Lipinski definition) is 4. The number of hydrogen-bond donors (Lipinski definition) is 4. The zero-order chi connectivity index (χ0) is 9.35. The van der Waals surface area contributed by atoms with E-state index in [0.717, 1.165) is 12.2 Å². The Hall–Kier alpha value is -0.707. The molecule has 0 aromatic rings. The van der Waals surface area contributed by atoms with Gasteiger partial charge in [0.2, 0.25) is 5.79 Å². The number of carboxylic acids is 1. The molecule has 13 heavy (non-hydrogen) atoms. The Morgan fingerprint density at radius 1 is 1.46 bits per heavy atom. The van der Waals surface area contributed by atoms with Gasteiger partial charge in [-0.25, -0.2) is 4.79 Å². The molecule has 0 bridgehead atoms. The van der Waals surface area contributed by atoms with E-state index in [0.29, 0.717) is 0 Å². The SMILES string of the molecule is O=C(O)C1=CC(O)=CCC1(O)O.[Zn]. The summed E-state index contributed by atoms with van der Waals surface area (Å²) in [5, 5.41) is 35.5. The summed E-state index contributed by atoms with van der Waals surface area (Å²) in [6, 6.07) is 0. The standard InChI is InChI=1S/C7H8O5.Zn/c8-4-1-2-7(11,12)5(3-4)6(9)10;/h1,3,8,11-12H,2H2,(H,9,10);. The summed E-state index contributed by atoms with van der Waals surface area (Å²) in [6.07, 6.45) is 1.62. The van der Waals surface area contributed by atoms with Crippen molar-refractivity contribution in [3.63, 3.8) is 0 Å². The maximum absolute atomic E-state index is 10.4. The third-order valence-corrected chi connectivity index (χ3v) is 1.55. The van der Waals surface area contributed by atoms with Crippen LogP contribution in [0.2, 0.25) is 0 Å². The Kier molecular flexibility index (Phi) is 3.78. The van der Waals surface area contributed by atoms with E-state index in [-0.39, 0.29) is 31.7 Å². The second kappa shape index (κ2) is 4.00. The first-order chi connectivity index (χ1) is 5.43. The number of carboxylic acid groups (broad SMARTS) is 1. The van der Waals surface area contributed by atoms with Crippen LogP contribution in [0.3, 0.4) is 0 Å². The fourth-order valence-electron chi connectivity index (χ4n) is 0.912. The van der Waals surface area contributed by atoms with Crippen molar-refractivity contribution in [2.24, 2.45) is 0 Å². The largest absolute Gasteiger partial charge is 0.508 e. The van der Waals surface area contributed by atoms with Gasteiger partial charge in [0.15, 0.2) is 0 Å². The van der Waals surface area contributed by atoms with Gasteiger partial charge in [0.05, 0.1) is 5.57 Å². The summed E-state index contributed by atoms with van der Waals surface area (Å²) in [6.45, 7) is 0. The van der Waals surface area contributed by atoms with Gasteiger partial charge in [-0.3, -0.25) is 0 Å². The molecule has 0 spiro atoms. The zero-order valence-corrected chi connectivity index (χ0v) is 9.73. The van der Waals surface area contributed by atoms with Crippen molar-refractivity contribution in [1.82, 2.24) is 0 Å². The van der Waals surface area contributed by atoms with Crippen LogP contribution < -0.4 is 0 Å². The van der Waals surface area contributed by atoms with Crippen molar-refractivity contribution in [2.75, 3.05) is 0 Å². The van der Waals surface area contributed by atoms with Crippen LogP contribution in [0.4, 0.5) is 0 Å². The molecule has 6 heteroatoms. The van der Waals surface area contributed by atoms with Crippen molar-refractivity contribution in [2.45, 2.75) is 12.2 Å². The molecular formula is C7H8O5Zn. The molecule has 1 aliphatic rings. The molecule has 4 N–H and O–H groups in total.